The van der Waals surface area contributed by atoms with Crippen LogP contribution in [0.1, 0.15) is 19.3 Å². The largest absolute Gasteiger partial charge is 0.324 e. The number of aromatic nitrogens is 3. The van der Waals surface area contributed by atoms with Crippen LogP contribution in [0, 0.1) is 0 Å². The first-order valence-electron chi connectivity index (χ1n) is 6.21. The molecule has 0 aliphatic heterocycles. The summed E-state index contributed by atoms with van der Waals surface area (Å²) in [7, 11) is 0. The summed E-state index contributed by atoms with van der Waals surface area (Å²) < 4.78 is 1.54. The number of halogens is 2. The molecule has 0 fully saturated rings. The Hall–Kier alpha value is -1.40. The number of nitrogens with zero attached hydrogens (tertiary/aromatic N) is 3. The molecule has 0 saturated carbocycles. The average molecular weight is 358 g/mol. The van der Waals surface area contributed by atoms with E-state index in [0.717, 1.165) is 18.2 Å². The van der Waals surface area contributed by atoms with Crippen LogP contribution in [-0.2, 0) is 4.79 Å². The number of hydrogen-bond acceptors (Lipinski definition) is 3. The van der Waals surface area contributed by atoms with E-state index in [1.165, 1.54) is 11.0 Å². The number of rotatable bonds is 6. The average Bonchev–Trinajstić information content (AvgIpc) is 2.93. The van der Waals surface area contributed by atoms with Crippen LogP contribution in [0.15, 0.2) is 30.9 Å². The Labute approximate surface area is 130 Å². The van der Waals surface area contributed by atoms with Crippen molar-refractivity contribution in [2.24, 2.45) is 0 Å². The van der Waals surface area contributed by atoms with E-state index in [2.05, 4.69) is 31.3 Å². The lowest BCUT2D eigenvalue weighted by Gasteiger charge is -2.12. The van der Waals surface area contributed by atoms with Crippen LogP contribution in [-0.4, -0.2) is 26.0 Å². The molecule has 0 saturated heterocycles. The molecule has 0 bridgehead atoms. The number of amides is 1. The van der Waals surface area contributed by atoms with Gasteiger partial charge in [0, 0.05) is 11.8 Å². The quantitative estimate of drug-likeness (QED) is 0.636. The standard InChI is InChI=1S/C13H14BrClN4O/c14-7-2-1-6-12(20)18-11-5-3-4-10(15)13(11)19-9-16-8-17-19/h3-5,8-9H,1-2,6-7H2,(H,18,20). The molecule has 2 rings (SSSR count). The molecular weight excluding hydrogens is 344 g/mol. The number of hydrogen-bond donors (Lipinski definition) is 1. The van der Waals surface area contributed by atoms with Crippen LogP contribution in [0.5, 0.6) is 0 Å². The molecule has 1 N–H and O–H groups in total. The second-order valence-corrected chi connectivity index (χ2v) is 5.37. The number of carbonyl (C=O) groups is 1. The smallest absolute Gasteiger partial charge is 0.224 e. The first-order valence-corrected chi connectivity index (χ1v) is 7.71. The van der Waals surface area contributed by atoms with Crippen LogP contribution in [0.4, 0.5) is 5.69 Å². The van der Waals surface area contributed by atoms with Gasteiger partial charge >= 0.3 is 0 Å². The third kappa shape index (κ3) is 3.80. The van der Waals surface area contributed by atoms with E-state index in [1.54, 1.807) is 24.5 Å². The zero-order valence-electron chi connectivity index (χ0n) is 10.7. The van der Waals surface area contributed by atoms with Gasteiger partial charge in [0.25, 0.3) is 0 Å². The summed E-state index contributed by atoms with van der Waals surface area (Å²) in [6.07, 6.45) is 5.26. The van der Waals surface area contributed by atoms with Crippen LogP contribution < -0.4 is 5.32 Å². The fraction of sp³-hybridized carbons (Fsp3) is 0.308. The van der Waals surface area contributed by atoms with Crippen molar-refractivity contribution in [2.45, 2.75) is 19.3 Å². The number of para-hydroxylation sites is 1. The summed E-state index contributed by atoms with van der Waals surface area (Å²) in [4.78, 5) is 15.8. The van der Waals surface area contributed by atoms with E-state index in [9.17, 15) is 4.79 Å². The van der Waals surface area contributed by atoms with Crippen molar-refractivity contribution >= 4 is 39.1 Å². The van der Waals surface area contributed by atoms with Gasteiger partial charge in [-0.1, -0.05) is 33.6 Å². The number of carbonyl (C=O) groups excluding carboxylic acids is 1. The minimum atomic E-state index is -0.0328. The lowest BCUT2D eigenvalue weighted by Crippen LogP contribution is -2.13. The maximum atomic E-state index is 11.9. The highest BCUT2D eigenvalue weighted by Crippen LogP contribution is 2.27. The Morgan fingerprint density at radius 3 is 2.95 bits per heavy atom. The van der Waals surface area contributed by atoms with Crippen molar-refractivity contribution in [1.29, 1.82) is 0 Å². The molecule has 0 unspecified atom stereocenters. The second kappa shape index (κ2) is 7.40. The van der Waals surface area contributed by atoms with Crippen molar-refractivity contribution in [1.82, 2.24) is 14.8 Å². The molecule has 20 heavy (non-hydrogen) atoms. The van der Waals surface area contributed by atoms with E-state index < -0.39 is 0 Å². The van der Waals surface area contributed by atoms with Crippen LogP contribution in [0.3, 0.4) is 0 Å². The van der Waals surface area contributed by atoms with Crippen molar-refractivity contribution in [3.05, 3.63) is 35.9 Å². The highest BCUT2D eigenvalue weighted by Gasteiger charge is 2.12. The zero-order chi connectivity index (χ0) is 14.4. The van der Waals surface area contributed by atoms with Gasteiger partial charge in [-0.25, -0.2) is 9.67 Å². The molecule has 5 nitrogen and oxygen atoms in total. The Balaban J connectivity index is 2.16. The summed E-state index contributed by atoms with van der Waals surface area (Å²) in [5, 5.41) is 8.34. The number of alkyl halides is 1. The fourth-order valence-electron chi connectivity index (χ4n) is 1.77. The van der Waals surface area contributed by atoms with Crippen molar-refractivity contribution < 1.29 is 4.79 Å². The molecule has 0 radical (unpaired) electrons. The normalized spacial score (nSPS) is 10.5. The van der Waals surface area contributed by atoms with Crippen LogP contribution >= 0.6 is 27.5 Å². The van der Waals surface area contributed by atoms with Gasteiger partial charge < -0.3 is 5.32 Å². The van der Waals surface area contributed by atoms with E-state index in [1.807, 2.05) is 0 Å². The Kier molecular flexibility index (Phi) is 5.55. The fourth-order valence-corrected chi connectivity index (χ4v) is 2.42. The molecular formula is C13H14BrClN4O. The Bertz CT molecular complexity index is 574. The van der Waals surface area contributed by atoms with E-state index >= 15 is 0 Å². The lowest BCUT2D eigenvalue weighted by atomic mass is 10.2. The molecule has 1 heterocycles. The zero-order valence-corrected chi connectivity index (χ0v) is 13.1. The van der Waals surface area contributed by atoms with Crippen molar-refractivity contribution in [3.8, 4) is 5.69 Å². The number of unbranched alkanes of at least 4 members (excludes halogenated alkanes) is 1. The van der Waals surface area contributed by atoms with Crippen molar-refractivity contribution in [3.63, 3.8) is 0 Å². The first kappa shape index (κ1) is 15.0. The molecule has 0 aliphatic rings. The van der Waals surface area contributed by atoms with Gasteiger partial charge in [-0.05, 0) is 25.0 Å². The van der Waals surface area contributed by atoms with E-state index in [0.29, 0.717) is 22.8 Å². The molecule has 0 spiro atoms. The van der Waals surface area contributed by atoms with Gasteiger partial charge in [-0.15, -0.1) is 0 Å². The summed E-state index contributed by atoms with van der Waals surface area (Å²) in [6, 6.07) is 5.33. The Morgan fingerprint density at radius 1 is 1.40 bits per heavy atom. The molecule has 1 aromatic carbocycles. The first-order chi connectivity index (χ1) is 9.72. The number of anilines is 1. The van der Waals surface area contributed by atoms with Crippen LogP contribution in [0.25, 0.3) is 5.69 Å². The maximum Gasteiger partial charge on any atom is 0.224 e. The predicted molar refractivity (Wildman–Crippen MR) is 82.6 cm³/mol. The van der Waals surface area contributed by atoms with Gasteiger partial charge in [-0.3, -0.25) is 4.79 Å². The molecule has 0 aliphatic carbocycles. The summed E-state index contributed by atoms with van der Waals surface area (Å²) in [5.74, 6) is -0.0328. The molecule has 7 heteroatoms. The van der Waals surface area contributed by atoms with Gasteiger partial charge in [0.15, 0.2) is 0 Å². The maximum absolute atomic E-state index is 11.9. The third-order valence-electron chi connectivity index (χ3n) is 2.70. The van der Waals surface area contributed by atoms with Gasteiger partial charge in [0.1, 0.15) is 18.3 Å². The van der Waals surface area contributed by atoms with Gasteiger partial charge in [0.2, 0.25) is 5.91 Å². The summed E-state index contributed by atoms with van der Waals surface area (Å²) >= 11 is 9.53. The van der Waals surface area contributed by atoms with Gasteiger partial charge in [0.05, 0.1) is 10.7 Å². The second-order valence-electron chi connectivity index (χ2n) is 4.17. The molecule has 2 aromatic rings. The molecule has 0 atom stereocenters. The summed E-state index contributed by atoms with van der Waals surface area (Å²) in [5.41, 5.74) is 1.26. The monoisotopic (exact) mass is 356 g/mol. The van der Waals surface area contributed by atoms with E-state index in [-0.39, 0.29) is 5.91 Å². The SMILES string of the molecule is O=C(CCCCBr)Nc1cccc(Cl)c1-n1cncn1. The summed E-state index contributed by atoms with van der Waals surface area (Å²) in [6.45, 7) is 0. The van der Waals surface area contributed by atoms with Crippen molar-refractivity contribution in [2.75, 3.05) is 10.6 Å². The minimum absolute atomic E-state index is 0.0328. The molecule has 1 aromatic heterocycles. The highest BCUT2D eigenvalue weighted by molar-refractivity contribution is 9.09. The topological polar surface area (TPSA) is 59.8 Å². The van der Waals surface area contributed by atoms with Gasteiger partial charge in [-0.2, -0.15) is 5.10 Å². The lowest BCUT2D eigenvalue weighted by molar-refractivity contribution is -0.116. The molecule has 106 valence electrons. The highest BCUT2D eigenvalue weighted by atomic mass is 79.9. The van der Waals surface area contributed by atoms with E-state index in [4.69, 9.17) is 11.6 Å². The minimum Gasteiger partial charge on any atom is -0.324 e. The third-order valence-corrected chi connectivity index (χ3v) is 3.56. The number of nitrogens with one attached hydrogen (secondary N) is 1. The predicted octanol–water partition coefficient (Wildman–Crippen LogP) is 3.42. The Morgan fingerprint density at radius 2 is 2.25 bits per heavy atom. The number of benzene rings is 1. The molecule has 1 amide bonds. The van der Waals surface area contributed by atoms with Crippen LogP contribution in [0.2, 0.25) is 5.02 Å².